The summed E-state index contributed by atoms with van der Waals surface area (Å²) in [6, 6.07) is 9.40. The molecule has 1 aromatic rings. The van der Waals surface area contributed by atoms with Crippen LogP contribution >= 0.6 is 0 Å². The van der Waals surface area contributed by atoms with E-state index in [1.807, 2.05) is 44.2 Å². The second-order valence-electron chi connectivity index (χ2n) is 5.74. The standard InChI is InChI=1S/C17H25N3O2/c1-3-18-16(21)13(2)20-11-9-14(10-12-20)17(22)19-15-7-5-4-6-8-15/h4-8,13-14H,3,9-12H2,1-2H3,(H,18,21)(H,19,22)/t13-/m0/s1. The Morgan fingerprint density at radius 3 is 2.45 bits per heavy atom. The van der Waals surface area contributed by atoms with Crippen LogP contribution in [-0.2, 0) is 9.59 Å². The number of piperidine rings is 1. The smallest absolute Gasteiger partial charge is 0.237 e. The van der Waals surface area contributed by atoms with E-state index in [9.17, 15) is 9.59 Å². The van der Waals surface area contributed by atoms with Crippen LogP contribution in [0.3, 0.4) is 0 Å². The van der Waals surface area contributed by atoms with Gasteiger partial charge < -0.3 is 10.6 Å². The number of nitrogens with one attached hydrogen (secondary N) is 2. The van der Waals surface area contributed by atoms with E-state index >= 15 is 0 Å². The summed E-state index contributed by atoms with van der Waals surface area (Å²) in [5.41, 5.74) is 0.839. The van der Waals surface area contributed by atoms with Crippen molar-refractivity contribution < 1.29 is 9.59 Å². The Morgan fingerprint density at radius 1 is 1.23 bits per heavy atom. The molecule has 1 aliphatic rings. The lowest BCUT2D eigenvalue weighted by molar-refractivity contribution is -0.127. The summed E-state index contributed by atoms with van der Waals surface area (Å²) >= 11 is 0. The number of amides is 2. The van der Waals surface area contributed by atoms with E-state index in [1.165, 1.54) is 0 Å². The molecule has 5 nitrogen and oxygen atoms in total. The van der Waals surface area contributed by atoms with Crippen LogP contribution in [0.1, 0.15) is 26.7 Å². The summed E-state index contributed by atoms with van der Waals surface area (Å²) in [6.45, 7) is 6.07. The molecule has 1 heterocycles. The molecule has 0 aromatic heterocycles. The largest absolute Gasteiger partial charge is 0.355 e. The molecule has 0 radical (unpaired) electrons. The molecule has 0 spiro atoms. The van der Waals surface area contributed by atoms with Crippen LogP contribution in [0.4, 0.5) is 5.69 Å². The maximum Gasteiger partial charge on any atom is 0.237 e. The minimum absolute atomic E-state index is 0.0258. The van der Waals surface area contributed by atoms with Gasteiger partial charge in [0.25, 0.3) is 0 Å². The average Bonchev–Trinajstić information content (AvgIpc) is 2.55. The molecule has 120 valence electrons. The highest BCUT2D eigenvalue weighted by Crippen LogP contribution is 2.21. The maximum atomic E-state index is 12.3. The summed E-state index contributed by atoms with van der Waals surface area (Å²) < 4.78 is 0. The van der Waals surface area contributed by atoms with E-state index in [0.29, 0.717) is 6.54 Å². The number of rotatable bonds is 5. The minimum atomic E-state index is -0.127. The number of hydrogen-bond donors (Lipinski definition) is 2. The zero-order chi connectivity index (χ0) is 15.9. The first-order valence-electron chi connectivity index (χ1n) is 7.99. The fraction of sp³-hybridized carbons (Fsp3) is 0.529. The molecule has 1 aromatic carbocycles. The molecule has 0 unspecified atom stereocenters. The Bertz CT molecular complexity index is 496. The molecule has 0 saturated carbocycles. The molecule has 2 amide bonds. The van der Waals surface area contributed by atoms with Gasteiger partial charge in [0.15, 0.2) is 0 Å². The lowest BCUT2D eigenvalue weighted by Gasteiger charge is -2.34. The highest BCUT2D eigenvalue weighted by atomic mass is 16.2. The quantitative estimate of drug-likeness (QED) is 0.873. The van der Waals surface area contributed by atoms with Gasteiger partial charge in [-0.15, -0.1) is 0 Å². The van der Waals surface area contributed by atoms with E-state index in [2.05, 4.69) is 15.5 Å². The first-order chi connectivity index (χ1) is 10.6. The van der Waals surface area contributed by atoms with Crippen LogP contribution in [0.5, 0.6) is 0 Å². The van der Waals surface area contributed by atoms with E-state index in [1.54, 1.807) is 0 Å². The van der Waals surface area contributed by atoms with Crippen LogP contribution in [0.15, 0.2) is 30.3 Å². The van der Waals surface area contributed by atoms with Crippen molar-refractivity contribution in [3.8, 4) is 0 Å². The van der Waals surface area contributed by atoms with E-state index in [-0.39, 0.29) is 23.8 Å². The van der Waals surface area contributed by atoms with Gasteiger partial charge in [0.05, 0.1) is 6.04 Å². The molecule has 22 heavy (non-hydrogen) atoms. The van der Waals surface area contributed by atoms with Crippen LogP contribution in [0.25, 0.3) is 0 Å². The van der Waals surface area contributed by atoms with Gasteiger partial charge >= 0.3 is 0 Å². The van der Waals surface area contributed by atoms with Gasteiger partial charge in [0, 0.05) is 18.2 Å². The number of para-hydroxylation sites is 1. The molecule has 0 aliphatic carbocycles. The Kier molecular flexibility index (Phi) is 5.95. The zero-order valence-electron chi connectivity index (χ0n) is 13.3. The molecular formula is C17H25N3O2. The third-order valence-electron chi connectivity index (χ3n) is 4.22. The summed E-state index contributed by atoms with van der Waals surface area (Å²) in [5, 5.41) is 5.81. The van der Waals surface area contributed by atoms with Crippen LogP contribution in [-0.4, -0.2) is 42.4 Å². The number of anilines is 1. The van der Waals surface area contributed by atoms with Crippen molar-refractivity contribution in [1.29, 1.82) is 0 Å². The maximum absolute atomic E-state index is 12.3. The van der Waals surface area contributed by atoms with Crippen molar-refractivity contribution in [2.75, 3.05) is 25.0 Å². The first kappa shape index (κ1) is 16.5. The molecule has 2 N–H and O–H groups in total. The summed E-state index contributed by atoms with van der Waals surface area (Å²) in [5.74, 6) is 0.170. The van der Waals surface area contributed by atoms with Gasteiger partial charge in [0.2, 0.25) is 11.8 Å². The number of benzene rings is 1. The Labute approximate surface area is 132 Å². The van der Waals surface area contributed by atoms with Gasteiger partial charge in [-0.05, 0) is 51.9 Å². The van der Waals surface area contributed by atoms with E-state index in [4.69, 9.17) is 0 Å². The first-order valence-corrected chi connectivity index (χ1v) is 7.99. The van der Waals surface area contributed by atoms with E-state index < -0.39 is 0 Å². The molecule has 0 bridgehead atoms. The summed E-state index contributed by atoms with van der Waals surface area (Å²) in [4.78, 5) is 26.3. The normalized spacial score (nSPS) is 17.7. The number of hydrogen-bond acceptors (Lipinski definition) is 3. The molecule has 1 aliphatic heterocycles. The van der Waals surface area contributed by atoms with Gasteiger partial charge in [-0.25, -0.2) is 0 Å². The molecule has 1 fully saturated rings. The Hall–Kier alpha value is -1.88. The molecule has 1 saturated heterocycles. The van der Waals surface area contributed by atoms with Gasteiger partial charge in [-0.2, -0.15) is 0 Å². The predicted octanol–water partition coefficient (Wildman–Crippen LogP) is 1.86. The number of likely N-dealkylation sites (N-methyl/N-ethyl adjacent to an activating group) is 1. The second-order valence-corrected chi connectivity index (χ2v) is 5.74. The third kappa shape index (κ3) is 4.31. The SMILES string of the molecule is CCNC(=O)[C@H](C)N1CCC(C(=O)Nc2ccccc2)CC1. The third-order valence-corrected chi connectivity index (χ3v) is 4.22. The van der Waals surface area contributed by atoms with Crippen molar-refractivity contribution in [1.82, 2.24) is 10.2 Å². The Morgan fingerprint density at radius 2 is 1.86 bits per heavy atom. The van der Waals surface area contributed by atoms with Crippen LogP contribution < -0.4 is 10.6 Å². The number of carbonyl (C=O) groups excluding carboxylic acids is 2. The fourth-order valence-corrected chi connectivity index (χ4v) is 2.80. The Balaban J connectivity index is 1.81. The minimum Gasteiger partial charge on any atom is -0.355 e. The monoisotopic (exact) mass is 303 g/mol. The lowest BCUT2D eigenvalue weighted by Crippen LogP contribution is -2.49. The molecular weight excluding hydrogens is 278 g/mol. The predicted molar refractivity (Wildman–Crippen MR) is 87.5 cm³/mol. The van der Waals surface area contributed by atoms with Crippen molar-refractivity contribution in [3.63, 3.8) is 0 Å². The molecule has 5 heteroatoms. The van der Waals surface area contributed by atoms with Crippen molar-refractivity contribution >= 4 is 17.5 Å². The fourth-order valence-electron chi connectivity index (χ4n) is 2.80. The van der Waals surface area contributed by atoms with Crippen molar-refractivity contribution in [2.45, 2.75) is 32.7 Å². The highest BCUT2D eigenvalue weighted by Gasteiger charge is 2.29. The summed E-state index contributed by atoms with van der Waals surface area (Å²) in [6.07, 6.45) is 1.59. The second kappa shape index (κ2) is 7.94. The van der Waals surface area contributed by atoms with E-state index in [0.717, 1.165) is 31.6 Å². The zero-order valence-corrected chi connectivity index (χ0v) is 13.3. The topological polar surface area (TPSA) is 61.4 Å². The molecule has 2 rings (SSSR count). The highest BCUT2D eigenvalue weighted by molar-refractivity contribution is 5.92. The van der Waals surface area contributed by atoms with Gasteiger partial charge in [0.1, 0.15) is 0 Å². The van der Waals surface area contributed by atoms with Crippen LogP contribution in [0, 0.1) is 5.92 Å². The number of carbonyl (C=O) groups is 2. The van der Waals surface area contributed by atoms with Crippen LogP contribution in [0.2, 0.25) is 0 Å². The van der Waals surface area contributed by atoms with Crippen molar-refractivity contribution in [3.05, 3.63) is 30.3 Å². The van der Waals surface area contributed by atoms with Gasteiger partial charge in [-0.3, -0.25) is 14.5 Å². The number of likely N-dealkylation sites (tertiary alicyclic amines) is 1. The summed E-state index contributed by atoms with van der Waals surface area (Å²) in [7, 11) is 0. The van der Waals surface area contributed by atoms with Gasteiger partial charge in [-0.1, -0.05) is 18.2 Å². The average molecular weight is 303 g/mol. The lowest BCUT2D eigenvalue weighted by atomic mass is 9.94. The van der Waals surface area contributed by atoms with Crippen molar-refractivity contribution in [2.24, 2.45) is 5.92 Å². The number of nitrogens with zero attached hydrogens (tertiary/aromatic N) is 1. The molecule has 1 atom stereocenters.